The van der Waals surface area contributed by atoms with Crippen molar-refractivity contribution in [1.29, 1.82) is 0 Å². The van der Waals surface area contributed by atoms with Crippen molar-refractivity contribution in [2.45, 2.75) is 6.54 Å². The summed E-state index contributed by atoms with van der Waals surface area (Å²) in [5.74, 6) is 0.518. The van der Waals surface area contributed by atoms with E-state index in [4.69, 9.17) is 10.9 Å². The van der Waals surface area contributed by atoms with Crippen molar-refractivity contribution in [1.82, 2.24) is 9.97 Å². The Balaban J connectivity index is 2.26. The van der Waals surface area contributed by atoms with Crippen molar-refractivity contribution in [3.05, 3.63) is 38.9 Å². The lowest BCUT2D eigenvalue weighted by atomic mass is 10.3. The maximum absolute atomic E-state index is 8.76. The Morgan fingerprint density at radius 3 is 2.89 bits per heavy atom. The van der Waals surface area contributed by atoms with Gasteiger partial charge in [0.1, 0.15) is 0 Å². The lowest BCUT2D eigenvalue weighted by molar-refractivity contribution is 0.318. The first-order valence-corrected chi connectivity index (χ1v) is 7.02. The highest BCUT2D eigenvalue weighted by Gasteiger charge is 2.14. The van der Waals surface area contributed by atoms with E-state index in [2.05, 4.69) is 31.1 Å². The molecule has 6 nitrogen and oxygen atoms in total. The lowest BCUT2D eigenvalue weighted by Gasteiger charge is -2.18. The molecule has 8 heteroatoms. The summed E-state index contributed by atoms with van der Waals surface area (Å²) in [6.07, 6.45) is 3.08. The van der Waals surface area contributed by atoms with Gasteiger partial charge in [-0.1, -0.05) is 5.16 Å². The summed E-state index contributed by atoms with van der Waals surface area (Å²) in [6, 6.07) is 2.04. The van der Waals surface area contributed by atoms with Gasteiger partial charge in [0, 0.05) is 34.2 Å². The summed E-state index contributed by atoms with van der Waals surface area (Å²) in [7, 11) is 1.88. The minimum atomic E-state index is -0.0534. The van der Waals surface area contributed by atoms with Crippen molar-refractivity contribution < 1.29 is 5.21 Å². The van der Waals surface area contributed by atoms with E-state index in [0.717, 1.165) is 4.47 Å². The lowest BCUT2D eigenvalue weighted by Crippen LogP contribution is -2.24. The Bertz CT molecular complexity index is 600. The minimum absolute atomic E-state index is 0.0534. The van der Waals surface area contributed by atoms with Gasteiger partial charge in [-0.2, -0.15) is 0 Å². The molecule has 3 N–H and O–H groups in total. The number of amidine groups is 1. The van der Waals surface area contributed by atoms with Crippen molar-refractivity contribution in [2.75, 3.05) is 11.9 Å². The van der Waals surface area contributed by atoms with Crippen LogP contribution in [-0.4, -0.2) is 28.1 Å². The van der Waals surface area contributed by atoms with Crippen LogP contribution < -0.4 is 10.6 Å². The number of halogens is 1. The van der Waals surface area contributed by atoms with E-state index < -0.39 is 0 Å². The molecule has 2 rings (SSSR count). The summed E-state index contributed by atoms with van der Waals surface area (Å²) in [5.41, 5.74) is 5.96. The van der Waals surface area contributed by atoms with Gasteiger partial charge in [0.25, 0.3) is 0 Å². The van der Waals surface area contributed by atoms with Crippen LogP contribution in [0.15, 0.2) is 33.5 Å². The molecule has 0 unspecified atom stereocenters. The number of thiophene rings is 1. The standard InChI is InChI=1S/C11H12BrN5OS/c1-17(5-8-4-7(12)6-19-8)11-9(10(13)16-18)14-2-3-15-11/h2-4,6,18H,5H2,1H3,(H2,13,16). The van der Waals surface area contributed by atoms with Crippen LogP contribution in [0, 0.1) is 0 Å². The number of hydrogen-bond donors (Lipinski definition) is 2. The molecule has 0 radical (unpaired) electrons. The number of anilines is 1. The highest BCUT2D eigenvalue weighted by Crippen LogP contribution is 2.23. The van der Waals surface area contributed by atoms with Gasteiger partial charge in [0.05, 0.1) is 6.54 Å². The molecule has 100 valence electrons. The molecule has 0 spiro atoms. The van der Waals surface area contributed by atoms with Gasteiger partial charge in [0.2, 0.25) is 0 Å². The quantitative estimate of drug-likeness (QED) is 0.384. The van der Waals surface area contributed by atoms with Gasteiger partial charge in [0.15, 0.2) is 17.3 Å². The maximum atomic E-state index is 8.76. The summed E-state index contributed by atoms with van der Waals surface area (Å²) < 4.78 is 1.05. The molecule has 0 saturated carbocycles. The molecule has 0 aliphatic rings. The maximum Gasteiger partial charge on any atom is 0.192 e. The topological polar surface area (TPSA) is 87.6 Å². The molecule has 0 fully saturated rings. The molecule has 2 aromatic heterocycles. The van der Waals surface area contributed by atoms with Crippen molar-refractivity contribution in [3.8, 4) is 0 Å². The molecule has 2 heterocycles. The van der Waals surface area contributed by atoms with Crippen LogP contribution in [-0.2, 0) is 6.54 Å². The summed E-state index contributed by atoms with van der Waals surface area (Å²) in [6.45, 7) is 0.667. The fourth-order valence-corrected chi connectivity index (χ4v) is 3.09. The van der Waals surface area contributed by atoms with Crippen molar-refractivity contribution >= 4 is 38.9 Å². The van der Waals surface area contributed by atoms with E-state index in [1.807, 2.05) is 23.4 Å². The van der Waals surface area contributed by atoms with Crippen molar-refractivity contribution in [2.24, 2.45) is 10.9 Å². The molecule has 0 aliphatic heterocycles. The average molecular weight is 342 g/mol. The fraction of sp³-hybridized carbons (Fsp3) is 0.182. The third kappa shape index (κ3) is 3.21. The van der Waals surface area contributed by atoms with Gasteiger partial charge in [-0.05, 0) is 22.0 Å². The average Bonchev–Trinajstić information content (AvgIpc) is 2.83. The van der Waals surface area contributed by atoms with E-state index >= 15 is 0 Å². The van der Waals surface area contributed by atoms with E-state index in [9.17, 15) is 0 Å². The second-order valence-electron chi connectivity index (χ2n) is 3.80. The molecule has 0 aliphatic carbocycles. The number of rotatable bonds is 4. The SMILES string of the molecule is CN(Cc1cc(Br)cs1)c1nccnc1C(N)=NO. The largest absolute Gasteiger partial charge is 0.409 e. The van der Waals surface area contributed by atoms with Crippen LogP contribution in [0.4, 0.5) is 5.82 Å². The molecule has 0 atom stereocenters. The zero-order valence-corrected chi connectivity index (χ0v) is 12.5. The summed E-state index contributed by atoms with van der Waals surface area (Å²) in [5, 5.41) is 13.8. The molecular formula is C11H12BrN5OS. The third-order valence-electron chi connectivity index (χ3n) is 2.41. The first-order chi connectivity index (χ1) is 9.11. The van der Waals surface area contributed by atoms with E-state index in [0.29, 0.717) is 18.1 Å². The molecule has 0 saturated heterocycles. The monoisotopic (exact) mass is 341 g/mol. The normalized spacial score (nSPS) is 11.6. The molecule has 2 aromatic rings. The Morgan fingerprint density at radius 2 is 2.26 bits per heavy atom. The highest BCUT2D eigenvalue weighted by atomic mass is 79.9. The van der Waals surface area contributed by atoms with Crippen LogP contribution in [0.1, 0.15) is 10.6 Å². The first kappa shape index (κ1) is 13.8. The number of nitrogens with zero attached hydrogens (tertiary/aromatic N) is 4. The number of nitrogens with two attached hydrogens (primary N) is 1. The molecular weight excluding hydrogens is 330 g/mol. The molecule has 0 bridgehead atoms. The third-order valence-corrected chi connectivity index (χ3v) is 4.09. The molecule has 0 aromatic carbocycles. The van der Waals surface area contributed by atoms with Gasteiger partial charge in [-0.25, -0.2) is 9.97 Å². The Morgan fingerprint density at radius 1 is 1.53 bits per heavy atom. The first-order valence-electron chi connectivity index (χ1n) is 5.34. The fourth-order valence-electron chi connectivity index (χ4n) is 1.58. The Hall–Kier alpha value is -1.67. The number of oxime groups is 1. The van der Waals surface area contributed by atoms with Crippen LogP contribution in [0.2, 0.25) is 0 Å². The predicted molar refractivity (Wildman–Crippen MR) is 78.7 cm³/mol. The Kier molecular flexibility index (Phi) is 4.33. The molecule has 0 amide bonds. The van der Waals surface area contributed by atoms with Crippen molar-refractivity contribution in [3.63, 3.8) is 0 Å². The number of hydrogen-bond acceptors (Lipinski definition) is 6. The van der Waals surface area contributed by atoms with Crippen LogP contribution >= 0.6 is 27.3 Å². The second kappa shape index (κ2) is 5.98. The Labute approximate surface area is 122 Å². The smallest absolute Gasteiger partial charge is 0.192 e. The van der Waals surface area contributed by atoms with E-state index in [-0.39, 0.29) is 5.84 Å². The van der Waals surface area contributed by atoms with Gasteiger partial charge in [-0.3, -0.25) is 0 Å². The van der Waals surface area contributed by atoms with E-state index in [1.165, 1.54) is 11.1 Å². The highest BCUT2D eigenvalue weighted by molar-refractivity contribution is 9.10. The second-order valence-corrected chi connectivity index (χ2v) is 5.71. The predicted octanol–water partition coefficient (Wildman–Crippen LogP) is 2.03. The zero-order chi connectivity index (χ0) is 13.8. The minimum Gasteiger partial charge on any atom is -0.409 e. The number of aromatic nitrogens is 2. The summed E-state index contributed by atoms with van der Waals surface area (Å²) >= 11 is 5.06. The summed E-state index contributed by atoms with van der Waals surface area (Å²) in [4.78, 5) is 11.4. The zero-order valence-electron chi connectivity index (χ0n) is 10.1. The molecule has 19 heavy (non-hydrogen) atoms. The van der Waals surface area contributed by atoms with Crippen LogP contribution in [0.3, 0.4) is 0 Å². The van der Waals surface area contributed by atoms with E-state index in [1.54, 1.807) is 17.5 Å². The van der Waals surface area contributed by atoms with Gasteiger partial charge >= 0.3 is 0 Å². The van der Waals surface area contributed by atoms with Crippen LogP contribution in [0.25, 0.3) is 0 Å². The van der Waals surface area contributed by atoms with Gasteiger partial charge in [-0.15, -0.1) is 11.3 Å². The van der Waals surface area contributed by atoms with Gasteiger partial charge < -0.3 is 15.8 Å². The van der Waals surface area contributed by atoms with Crippen LogP contribution in [0.5, 0.6) is 0 Å².